The van der Waals surface area contributed by atoms with Crippen LogP contribution in [-0.2, 0) is 21.4 Å². The number of hydrogen-bond donors (Lipinski definition) is 1. The maximum absolute atomic E-state index is 12.3. The van der Waals surface area contributed by atoms with E-state index in [0.29, 0.717) is 24.5 Å². The highest BCUT2D eigenvalue weighted by atomic mass is 32.2. The van der Waals surface area contributed by atoms with Gasteiger partial charge in [-0.25, -0.2) is 8.42 Å². The average Bonchev–Trinajstić information content (AvgIpc) is 2.46. The van der Waals surface area contributed by atoms with Crippen LogP contribution in [0.4, 0.5) is 0 Å². The summed E-state index contributed by atoms with van der Waals surface area (Å²) >= 11 is 0. The second kappa shape index (κ2) is 7.58. The normalized spacial score (nSPS) is 11.8. The van der Waals surface area contributed by atoms with Crippen LogP contribution in [0.3, 0.4) is 0 Å². The molecule has 0 bridgehead atoms. The third-order valence-electron chi connectivity index (χ3n) is 2.89. The molecular weight excluding hydrogens is 282 g/mol. The van der Waals surface area contributed by atoms with Crippen LogP contribution >= 0.6 is 0 Å². The molecule has 0 heterocycles. The number of aliphatic hydroxyl groups is 1. The Morgan fingerprint density at radius 2 is 2.05 bits per heavy atom. The number of sulfonamides is 1. The zero-order valence-corrected chi connectivity index (χ0v) is 12.8. The number of rotatable bonds is 8. The maximum atomic E-state index is 12.3. The Balaban J connectivity index is 2.97. The monoisotopic (exact) mass is 303 g/mol. The second-order valence-corrected chi connectivity index (χ2v) is 6.20. The summed E-state index contributed by atoms with van der Waals surface area (Å²) in [5, 5.41) is 9.24. The molecule has 0 aliphatic heterocycles. The Labute approximate surface area is 120 Å². The van der Waals surface area contributed by atoms with Gasteiger partial charge in [-0.2, -0.15) is 4.31 Å². The third kappa shape index (κ3) is 3.92. The van der Waals surface area contributed by atoms with Crippen molar-refractivity contribution in [1.82, 2.24) is 4.31 Å². The summed E-state index contributed by atoms with van der Waals surface area (Å²) in [5.41, 5.74) is 0.437. The lowest BCUT2D eigenvalue weighted by Gasteiger charge is -2.18. The molecule has 0 aromatic heterocycles. The van der Waals surface area contributed by atoms with Crippen LogP contribution in [0.5, 0.6) is 5.75 Å². The van der Waals surface area contributed by atoms with Crippen molar-refractivity contribution in [2.24, 2.45) is 0 Å². The predicted octanol–water partition coefficient (Wildman–Crippen LogP) is 0.844. The summed E-state index contributed by atoms with van der Waals surface area (Å²) in [5.74, 6) is 0.461. The number of nitrogens with zero attached hydrogens (tertiary/aromatic N) is 1. The van der Waals surface area contributed by atoms with Crippen molar-refractivity contribution in [2.45, 2.75) is 18.4 Å². The summed E-state index contributed by atoms with van der Waals surface area (Å²) in [6.45, 7) is 2.73. The molecule has 20 heavy (non-hydrogen) atoms. The van der Waals surface area contributed by atoms with E-state index in [9.17, 15) is 13.5 Å². The molecule has 0 spiro atoms. The van der Waals surface area contributed by atoms with Crippen molar-refractivity contribution in [3.05, 3.63) is 23.8 Å². The van der Waals surface area contributed by atoms with Crippen molar-refractivity contribution in [3.8, 4) is 5.75 Å². The number of likely N-dealkylation sites (N-methyl/N-ethyl adjacent to an activating group) is 1. The molecule has 0 atom stereocenters. The van der Waals surface area contributed by atoms with Crippen molar-refractivity contribution in [2.75, 3.05) is 33.9 Å². The van der Waals surface area contributed by atoms with Crippen molar-refractivity contribution >= 4 is 10.0 Å². The van der Waals surface area contributed by atoms with Gasteiger partial charge in [0.15, 0.2) is 0 Å². The first kappa shape index (κ1) is 16.9. The van der Waals surface area contributed by atoms with Crippen LogP contribution in [0.15, 0.2) is 23.1 Å². The van der Waals surface area contributed by atoms with E-state index in [0.717, 1.165) is 0 Å². The molecule has 0 amide bonds. The number of aliphatic hydroxyl groups excluding tert-OH is 1. The van der Waals surface area contributed by atoms with E-state index >= 15 is 0 Å². The Morgan fingerprint density at radius 3 is 2.60 bits per heavy atom. The predicted molar refractivity (Wildman–Crippen MR) is 75.2 cm³/mol. The minimum absolute atomic E-state index is 0.126. The lowest BCUT2D eigenvalue weighted by Crippen LogP contribution is -2.30. The SMILES string of the molecule is CCOCCN(C)S(=O)(=O)c1ccc(OC)c(CO)c1. The molecule has 0 aliphatic rings. The number of methoxy groups -OCH3 is 1. The number of hydrogen-bond acceptors (Lipinski definition) is 5. The van der Waals surface area contributed by atoms with Crippen LogP contribution in [0, 0.1) is 0 Å². The van der Waals surface area contributed by atoms with Gasteiger partial charge in [0.05, 0.1) is 25.2 Å². The largest absolute Gasteiger partial charge is 0.496 e. The standard InChI is InChI=1S/C13H21NO5S/c1-4-19-8-7-14(2)20(16,17)12-5-6-13(18-3)11(9-12)10-15/h5-6,9,15H,4,7-8,10H2,1-3H3. The van der Waals surface area contributed by atoms with Crippen LogP contribution < -0.4 is 4.74 Å². The van der Waals surface area contributed by atoms with Gasteiger partial charge in [0.25, 0.3) is 0 Å². The maximum Gasteiger partial charge on any atom is 0.242 e. The van der Waals surface area contributed by atoms with Crippen molar-refractivity contribution in [1.29, 1.82) is 0 Å². The number of benzene rings is 1. The van der Waals surface area contributed by atoms with Crippen molar-refractivity contribution in [3.63, 3.8) is 0 Å². The highest BCUT2D eigenvalue weighted by Crippen LogP contribution is 2.24. The fourth-order valence-electron chi connectivity index (χ4n) is 1.68. The molecule has 1 aromatic rings. The molecule has 0 saturated heterocycles. The summed E-state index contributed by atoms with van der Waals surface area (Å²) in [4.78, 5) is 0.126. The van der Waals surface area contributed by atoms with E-state index in [1.54, 1.807) is 0 Å². The van der Waals surface area contributed by atoms with Crippen LogP contribution in [0.2, 0.25) is 0 Å². The first-order chi connectivity index (χ1) is 9.47. The van der Waals surface area contributed by atoms with Crippen LogP contribution in [0.1, 0.15) is 12.5 Å². The zero-order chi connectivity index (χ0) is 15.2. The minimum atomic E-state index is -3.59. The van der Waals surface area contributed by atoms with Crippen molar-refractivity contribution < 1.29 is 23.0 Å². The van der Waals surface area contributed by atoms with Gasteiger partial charge < -0.3 is 14.6 Å². The highest BCUT2D eigenvalue weighted by molar-refractivity contribution is 7.89. The van der Waals surface area contributed by atoms with Crippen LogP contribution in [-0.4, -0.2) is 51.7 Å². The molecule has 114 valence electrons. The van der Waals surface area contributed by atoms with Gasteiger partial charge in [-0.05, 0) is 25.1 Å². The zero-order valence-electron chi connectivity index (χ0n) is 12.0. The molecule has 6 nitrogen and oxygen atoms in total. The third-order valence-corrected chi connectivity index (χ3v) is 4.74. The fourth-order valence-corrected chi connectivity index (χ4v) is 2.88. The smallest absolute Gasteiger partial charge is 0.242 e. The molecule has 7 heteroatoms. The topological polar surface area (TPSA) is 76.1 Å². The minimum Gasteiger partial charge on any atom is -0.496 e. The molecule has 0 unspecified atom stereocenters. The van der Waals surface area contributed by atoms with Gasteiger partial charge in [0, 0.05) is 25.8 Å². The first-order valence-corrected chi connectivity index (χ1v) is 7.73. The molecule has 0 saturated carbocycles. The molecular formula is C13H21NO5S. The lowest BCUT2D eigenvalue weighted by molar-refractivity contribution is 0.138. The molecule has 1 aromatic carbocycles. The Kier molecular flexibility index (Phi) is 6.41. The Morgan fingerprint density at radius 1 is 1.35 bits per heavy atom. The highest BCUT2D eigenvalue weighted by Gasteiger charge is 2.21. The summed E-state index contributed by atoms with van der Waals surface area (Å²) in [7, 11) is -0.624. The van der Waals surface area contributed by atoms with E-state index in [-0.39, 0.29) is 18.0 Å². The average molecular weight is 303 g/mol. The van der Waals surface area contributed by atoms with E-state index < -0.39 is 10.0 Å². The van der Waals surface area contributed by atoms with Gasteiger partial charge in [-0.15, -0.1) is 0 Å². The van der Waals surface area contributed by atoms with Gasteiger partial charge in [0.2, 0.25) is 10.0 Å². The van der Waals surface area contributed by atoms with E-state index in [4.69, 9.17) is 9.47 Å². The molecule has 1 rings (SSSR count). The fraction of sp³-hybridized carbons (Fsp3) is 0.538. The summed E-state index contributed by atoms with van der Waals surface area (Å²) in [6, 6.07) is 4.42. The Bertz CT molecular complexity index is 530. The first-order valence-electron chi connectivity index (χ1n) is 6.29. The van der Waals surface area contributed by atoms with E-state index in [1.165, 1.54) is 36.7 Å². The Hall–Kier alpha value is -1.15. The van der Waals surface area contributed by atoms with Gasteiger partial charge in [-0.1, -0.05) is 0 Å². The van der Waals surface area contributed by atoms with Gasteiger partial charge >= 0.3 is 0 Å². The lowest BCUT2D eigenvalue weighted by atomic mass is 10.2. The second-order valence-electron chi connectivity index (χ2n) is 4.16. The molecule has 1 N–H and O–H groups in total. The summed E-state index contributed by atoms with van der Waals surface area (Å²) < 4.78 is 36.1. The molecule has 0 fully saturated rings. The number of ether oxygens (including phenoxy) is 2. The van der Waals surface area contributed by atoms with Crippen LogP contribution in [0.25, 0.3) is 0 Å². The summed E-state index contributed by atoms with van der Waals surface area (Å²) in [6.07, 6.45) is 0. The quantitative estimate of drug-likeness (QED) is 0.720. The molecule has 0 aliphatic carbocycles. The van der Waals surface area contributed by atoms with E-state index in [1.807, 2.05) is 6.92 Å². The van der Waals surface area contributed by atoms with Gasteiger partial charge in [-0.3, -0.25) is 0 Å². The van der Waals surface area contributed by atoms with E-state index in [2.05, 4.69) is 0 Å². The van der Waals surface area contributed by atoms with Gasteiger partial charge in [0.1, 0.15) is 5.75 Å². The molecule has 0 radical (unpaired) electrons.